The van der Waals surface area contributed by atoms with Gasteiger partial charge >= 0.3 is 17.1 Å². The molecule has 1 saturated heterocycles. The number of nitrogens with zero attached hydrogens (tertiary/aromatic N) is 1. The van der Waals surface area contributed by atoms with Gasteiger partial charge in [0.25, 0.3) is 0 Å². The average molecular weight is 353 g/mol. The van der Waals surface area contributed by atoms with Crippen LogP contribution in [-0.4, -0.2) is 39.0 Å². The monoisotopic (exact) mass is 352 g/mol. The zero-order valence-corrected chi connectivity index (χ0v) is 12.6. The Balaban J connectivity index is 0.00000162. The molecule has 0 amide bonds. The van der Waals surface area contributed by atoms with Gasteiger partial charge in [0, 0.05) is 13.1 Å². The third-order valence-electron chi connectivity index (χ3n) is 2.52. The molecule has 1 aromatic carbocycles. The average Bonchev–Trinajstić information content (AvgIpc) is 2.33. The first-order valence-corrected chi connectivity index (χ1v) is 7.33. The molecule has 1 heterocycles. The van der Waals surface area contributed by atoms with Gasteiger partial charge in [-0.05, 0) is 6.07 Å². The van der Waals surface area contributed by atoms with E-state index in [1.54, 1.807) is 6.07 Å². The zero-order valence-electron chi connectivity index (χ0n) is 9.26. The molecule has 103 valence electrons. The summed E-state index contributed by atoms with van der Waals surface area (Å²) in [5.41, 5.74) is 0. The number of hydrogen-bond donors (Lipinski definition) is 0. The maximum atomic E-state index is 12.2. The number of sulfonamides is 1. The molecule has 1 fully saturated rings. The molecule has 1 aliphatic rings. The van der Waals surface area contributed by atoms with Crippen molar-refractivity contribution in [3.05, 3.63) is 18.2 Å². The summed E-state index contributed by atoms with van der Waals surface area (Å²) >= 11 is 9.96. The summed E-state index contributed by atoms with van der Waals surface area (Å²) in [5, 5.41) is 0. The first kappa shape index (κ1) is 16.1. The Kier molecular flexibility index (Phi) is 5.79. The summed E-state index contributed by atoms with van der Waals surface area (Å²) < 4.78 is 31.0. The van der Waals surface area contributed by atoms with Gasteiger partial charge in [0.1, 0.15) is 0 Å². The molecular weight excluding hydrogens is 342 g/mol. The predicted octanol–water partition coefficient (Wildman–Crippen LogP) is 0.517. The van der Waals surface area contributed by atoms with Crippen LogP contribution in [0.15, 0.2) is 32.9 Å². The van der Waals surface area contributed by atoms with Crippen LogP contribution in [0.4, 0.5) is 0 Å². The molecule has 0 bridgehead atoms. The van der Waals surface area contributed by atoms with Gasteiger partial charge in [0.2, 0.25) is 10.0 Å². The number of benzene rings is 1. The second-order valence-corrected chi connectivity index (χ2v) is 6.44. The number of rotatable bonds is 2. The van der Waals surface area contributed by atoms with E-state index < -0.39 is 10.0 Å². The fraction of sp³-hybridized carbons (Fsp3) is 0.400. The fourth-order valence-corrected chi connectivity index (χ4v) is 3.42. The van der Waals surface area contributed by atoms with Crippen molar-refractivity contribution in [2.75, 3.05) is 26.3 Å². The second-order valence-electron chi connectivity index (χ2n) is 3.62. The summed E-state index contributed by atoms with van der Waals surface area (Å²) in [6.07, 6.45) is 0. The van der Waals surface area contributed by atoms with Crippen LogP contribution in [0.25, 0.3) is 0 Å². The minimum atomic E-state index is -3.46. The molecule has 1 radical (unpaired) electrons. The van der Waals surface area contributed by atoms with Crippen molar-refractivity contribution < 1.29 is 30.2 Å². The summed E-state index contributed by atoms with van der Waals surface area (Å²) in [5.74, 6) is 0. The van der Waals surface area contributed by atoms with Crippen molar-refractivity contribution in [1.29, 1.82) is 0 Å². The molecule has 0 aliphatic carbocycles. The Morgan fingerprint density at radius 1 is 1.11 bits per heavy atom. The van der Waals surface area contributed by atoms with Crippen molar-refractivity contribution >= 4 is 35.3 Å². The Labute approximate surface area is 128 Å². The molecule has 0 spiro atoms. The number of hydrogen-bond acceptors (Lipinski definition) is 5. The van der Waals surface area contributed by atoms with Gasteiger partial charge in [-0.3, -0.25) is 0 Å². The summed E-state index contributed by atoms with van der Waals surface area (Å²) in [7, 11) is -3.46. The molecule has 0 unspecified atom stereocenters. The van der Waals surface area contributed by atoms with Gasteiger partial charge < -0.3 is 30.0 Å². The third-order valence-corrected chi connectivity index (χ3v) is 5.24. The van der Waals surface area contributed by atoms with Crippen LogP contribution in [0.1, 0.15) is 0 Å². The van der Waals surface area contributed by atoms with Crippen LogP contribution in [0.5, 0.6) is 0 Å². The molecule has 8 heteroatoms. The maximum absolute atomic E-state index is 12.2. The van der Waals surface area contributed by atoms with E-state index in [9.17, 15) is 8.42 Å². The van der Waals surface area contributed by atoms with Crippen molar-refractivity contribution in [3.63, 3.8) is 0 Å². The third kappa shape index (κ3) is 3.33. The first-order chi connectivity index (χ1) is 8.01. The van der Waals surface area contributed by atoms with Crippen LogP contribution in [0.3, 0.4) is 0 Å². The molecule has 0 atom stereocenters. The summed E-state index contributed by atoms with van der Waals surface area (Å²) in [6.45, 7) is 1.62. The molecule has 2 rings (SSSR count). The van der Waals surface area contributed by atoms with E-state index in [2.05, 4.69) is 0 Å². The van der Waals surface area contributed by atoms with E-state index in [1.807, 2.05) is 0 Å². The van der Waals surface area contributed by atoms with Crippen LogP contribution in [0.2, 0.25) is 0 Å². The van der Waals surface area contributed by atoms with Crippen LogP contribution < -0.4 is 0 Å². The maximum Gasteiger partial charge on any atom is 2.00 e. The van der Waals surface area contributed by atoms with Gasteiger partial charge in [0.05, 0.1) is 18.1 Å². The van der Waals surface area contributed by atoms with Gasteiger partial charge in [0.15, 0.2) is 0 Å². The predicted molar refractivity (Wildman–Crippen MR) is 67.3 cm³/mol. The van der Waals surface area contributed by atoms with Crippen LogP contribution in [0, 0.1) is 0 Å². The Morgan fingerprint density at radius 3 is 2.28 bits per heavy atom. The molecule has 0 aromatic heterocycles. The van der Waals surface area contributed by atoms with Gasteiger partial charge in [-0.2, -0.15) is 14.1 Å². The van der Waals surface area contributed by atoms with Crippen LogP contribution in [-0.2, 0) is 57.1 Å². The van der Waals surface area contributed by atoms with Crippen molar-refractivity contribution in [2.24, 2.45) is 0 Å². The number of ether oxygens (including phenoxy) is 1. The van der Waals surface area contributed by atoms with Crippen LogP contribution >= 0.6 is 0 Å². The van der Waals surface area contributed by atoms with Crippen molar-refractivity contribution in [3.8, 4) is 0 Å². The van der Waals surface area contributed by atoms with E-state index in [-0.39, 0.29) is 22.0 Å². The minimum absolute atomic E-state index is 0. The second kappa shape index (κ2) is 6.47. The van der Waals surface area contributed by atoms with Gasteiger partial charge in [-0.1, -0.05) is 12.1 Å². The fourth-order valence-electron chi connectivity index (χ4n) is 1.58. The standard InChI is InChI=1S/C10H13NO3S3.Cu/c12-17(13,11-3-5-14-6-4-11)8-1-2-9(15)10(16)7-8;/h1-2,7,15-16H,3-6H2;/q;+2/p-2. The molecule has 4 nitrogen and oxygen atoms in total. The van der Waals surface area contributed by atoms with Gasteiger partial charge in [-0.15, -0.1) is 0 Å². The largest absolute Gasteiger partial charge is 2.00 e. The van der Waals surface area contributed by atoms with E-state index in [0.717, 1.165) is 0 Å². The topological polar surface area (TPSA) is 46.6 Å². The quantitative estimate of drug-likeness (QED) is 0.573. The number of morpholine rings is 1. The summed E-state index contributed by atoms with van der Waals surface area (Å²) in [4.78, 5) is 1.10. The van der Waals surface area contributed by atoms with Crippen molar-refractivity contribution in [2.45, 2.75) is 14.7 Å². The van der Waals surface area contributed by atoms with E-state index in [0.29, 0.717) is 36.1 Å². The Morgan fingerprint density at radius 2 is 1.72 bits per heavy atom. The normalized spacial score (nSPS) is 17.1. The Hall–Kier alpha value is 0.0495. The molecule has 18 heavy (non-hydrogen) atoms. The molecule has 1 aliphatic heterocycles. The first-order valence-electron chi connectivity index (χ1n) is 5.08. The van der Waals surface area contributed by atoms with E-state index >= 15 is 0 Å². The SMILES string of the molecule is O=S(=O)(c1ccc([S-])c([S-])c1)N1CCOCC1.[Cu+2]. The van der Waals surface area contributed by atoms with Crippen molar-refractivity contribution in [1.82, 2.24) is 4.31 Å². The molecule has 0 saturated carbocycles. The zero-order chi connectivity index (χ0) is 12.5. The smallest absolute Gasteiger partial charge is 0.781 e. The Bertz CT molecular complexity index is 515. The minimum Gasteiger partial charge on any atom is -0.781 e. The van der Waals surface area contributed by atoms with Gasteiger partial charge in [-0.25, -0.2) is 8.42 Å². The molecular formula is C10H11CuNO3S3. The molecule has 1 aromatic rings. The molecule has 0 N–H and O–H groups in total. The summed E-state index contributed by atoms with van der Waals surface area (Å²) in [6, 6.07) is 4.51. The van der Waals surface area contributed by atoms with E-state index in [1.165, 1.54) is 16.4 Å². The van der Waals surface area contributed by atoms with E-state index in [4.69, 9.17) is 30.0 Å².